The largest absolute Gasteiger partial charge is 0.507 e. The Hall–Kier alpha value is -3.89. The van der Waals surface area contributed by atoms with Crippen LogP contribution in [0.1, 0.15) is 16.9 Å². The van der Waals surface area contributed by atoms with Crippen molar-refractivity contribution in [1.82, 2.24) is 4.90 Å². The highest BCUT2D eigenvalue weighted by Crippen LogP contribution is 2.40. The minimum atomic E-state index is -0.308. The maximum absolute atomic E-state index is 13.2. The summed E-state index contributed by atoms with van der Waals surface area (Å²) in [6, 6.07) is 11.2. The van der Waals surface area contributed by atoms with Crippen LogP contribution in [0, 0.1) is 0 Å². The van der Waals surface area contributed by atoms with Gasteiger partial charge in [-0.3, -0.25) is 9.69 Å². The number of ether oxygens (including phenoxy) is 2. The SMILES string of the molecule is COc1cc(/C=C2\S/C(=N/N=C\c3cc(Cl)ccc3O)N(Cc3ccco3)C2=O)cc(OC)c1O. The monoisotopic (exact) mass is 513 g/mol. The number of phenols is 2. The minimum Gasteiger partial charge on any atom is -0.507 e. The zero-order chi connectivity index (χ0) is 24.9. The number of thioether (sulfide) groups is 1. The molecule has 180 valence electrons. The number of furan rings is 1. The zero-order valence-electron chi connectivity index (χ0n) is 18.6. The number of nitrogens with zero attached hydrogens (tertiary/aromatic N) is 3. The number of hydrogen-bond donors (Lipinski definition) is 2. The fourth-order valence-electron chi connectivity index (χ4n) is 3.20. The van der Waals surface area contributed by atoms with Crippen LogP contribution in [-0.2, 0) is 11.3 Å². The lowest BCUT2D eigenvalue weighted by Crippen LogP contribution is -2.28. The van der Waals surface area contributed by atoms with Crippen molar-refractivity contribution < 1.29 is 28.9 Å². The van der Waals surface area contributed by atoms with Crippen LogP contribution in [0.4, 0.5) is 0 Å². The van der Waals surface area contributed by atoms with Gasteiger partial charge in [0.15, 0.2) is 16.7 Å². The number of halogens is 1. The van der Waals surface area contributed by atoms with Crippen molar-refractivity contribution in [3.05, 3.63) is 75.5 Å². The van der Waals surface area contributed by atoms with Gasteiger partial charge in [-0.2, -0.15) is 5.10 Å². The molecule has 35 heavy (non-hydrogen) atoms. The van der Waals surface area contributed by atoms with Crippen LogP contribution in [0.25, 0.3) is 6.08 Å². The van der Waals surface area contributed by atoms with Gasteiger partial charge in [0, 0.05) is 10.6 Å². The highest BCUT2D eigenvalue weighted by atomic mass is 35.5. The quantitative estimate of drug-likeness (QED) is 0.263. The van der Waals surface area contributed by atoms with Gasteiger partial charge in [0.25, 0.3) is 5.91 Å². The third kappa shape index (κ3) is 5.44. The summed E-state index contributed by atoms with van der Waals surface area (Å²) in [4.78, 5) is 15.0. The molecule has 9 nitrogen and oxygen atoms in total. The number of methoxy groups -OCH3 is 2. The number of carbonyl (C=O) groups is 1. The average molecular weight is 514 g/mol. The number of amidine groups is 1. The fraction of sp³-hybridized carbons (Fsp3) is 0.125. The van der Waals surface area contributed by atoms with Crippen LogP contribution in [0.2, 0.25) is 5.02 Å². The lowest BCUT2D eigenvalue weighted by atomic mass is 10.1. The molecule has 2 heterocycles. The molecule has 11 heteroatoms. The van der Waals surface area contributed by atoms with E-state index in [4.69, 9.17) is 25.5 Å². The summed E-state index contributed by atoms with van der Waals surface area (Å²) in [6.45, 7) is 0.148. The second-order valence-corrected chi connectivity index (χ2v) is 8.63. The van der Waals surface area contributed by atoms with E-state index in [1.165, 1.54) is 37.7 Å². The predicted molar refractivity (Wildman–Crippen MR) is 134 cm³/mol. The van der Waals surface area contributed by atoms with Gasteiger partial charge in [-0.15, -0.1) is 5.10 Å². The molecule has 1 aliphatic rings. The number of aromatic hydroxyl groups is 2. The number of phenolic OH excluding ortho intramolecular Hbond substituents is 2. The molecule has 1 aliphatic heterocycles. The molecule has 1 saturated heterocycles. The van der Waals surface area contributed by atoms with Crippen molar-refractivity contribution in [2.45, 2.75) is 6.54 Å². The van der Waals surface area contributed by atoms with Crippen molar-refractivity contribution in [2.75, 3.05) is 14.2 Å². The molecule has 1 aromatic heterocycles. The molecular formula is C24H20ClN3O6S. The van der Waals surface area contributed by atoms with Gasteiger partial charge in [0.2, 0.25) is 5.75 Å². The summed E-state index contributed by atoms with van der Waals surface area (Å²) in [5, 5.41) is 29.1. The Morgan fingerprint density at radius 1 is 1.14 bits per heavy atom. The first-order valence-corrected chi connectivity index (χ1v) is 11.4. The molecule has 3 aromatic rings. The predicted octanol–water partition coefficient (Wildman–Crippen LogP) is 4.87. The van der Waals surface area contributed by atoms with Crippen molar-refractivity contribution in [2.24, 2.45) is 10.2 Å². The molecule has 4 rings (SSSR count). The second kappa shape index (κ2) is 10.6. The van der Waals surface area contributed by atoms with Crippen molar-refractivity contribution in [1.29, 1.82) is 0 Å². The number of benzene rings is 2. The summed E-state index contributed by atoms with van der Waals surface area (Å²) in [5.74, 6) is 0.534. The molecule has 0 unspecified atom stereocenters. The smallest absolute Gasteiger partial charge is 0.267 e. The molecule has 0 aliphatic carbocycles. The lowest BCUT2D eigenvalue weighted by molar-refractivity contribution is -0.122. The van der Waals surface area contributed by atoms with Gasteiger partial charge < -0.3 is 24.1 Å². The first-order valence-electron chi connectivity index (χ1n) is 10.2. The molecule has 0 bridgehead atoms. The standard InChI is InChI=1S/C24H20ClN3O6S/c1-32-19-8-14(9-20(33-2)22(19)30)10-21-23(31)28(13-17-4-3-7-34-17)24(35-21)27-26-12-15-11-16(25)5-6-18(15)29/h3-12,29-30H,13H2,1-2H3/b21-10-,26-12-,27-24+. The number of rotatable bonds is 7. The molecule has 0 atom stereocenters. The highest BCUT2D eigenvalue weighted by molar-refractivity contribution is 8.18. The number of amides is 1. The maximum Gasteiger partial charge on any atom is 0.267 e. The first-order chi connectivity index (χ1) is 16.9. The van der Waals surface area contributed by atoms with E-state index in [0.717, 1.165) is 11.8 Å². The normalized spacial score (nSPS) is 16.1. The molecule has 0 saturated carbocycles. The first kappa shape index (κ1) is 24.2. The molecule has 0 spiro atoms. The molecule has 1 fully saturated rings. The Morgan fingerprint density at radius 2 is 1.89 bits per heavy atom. The Labute approximate surface area is 209 Å². The van der Waals surface area contributed by atoms with E-state index in [-0.39, 0.29) is 35.4 Å². The van der Waals surface area contributed by atoms with E-state index in [2.05, 4.69) is 10.2 Å². The van der Waals surface area contributed by atoms with Gasteiger partial charge in [0.1, 0.15) is 11.5 Å². The van der Waals surface area contributed by atoms with Crippen LogP contribution in [-0.4, -0.2) is 46.6 Å². The summed E-state index contributed by atoms with van der Waals surface area (Å²) in [6.07, 6.45) is 4.51. The van der Waals surface area contributed by atoms with E-state index in [9.17, 15) is 15.0 Å². The van der Waals surface area contributed by atoms with E-state index in [0.29, 0.717) is 32.0 Å². The Morgan fingerprint density at radius 3 is 2.54 bits per heavy atom. The molecule has 1 amide bonds. The summed E-state index contributed by atoms with van der Waals surface area (Å²) >= 11 is 7.09. The fourth-order valence-corrected chi connectivity index (χ4v) is 4.31. The van der Waals surface area contributed by atoms with Gasteiger partial charge in [0.05, 0.1) is 38.1 Å². The molecule has 2 N–H and O–H groups in total. The van der Waals surface area contributed by atoms with Crippen LogP contribution < -0.4 is 9.47 Å². The summed E-state index contributed by atoms with van der Waals surface area (Å²) in [7, 11) is 2.85. The van der Waals surface area contributed by atoms with Crippen molar-refractivity contribution in [3.63, 3.8) is 0 Å². The number of carbonyl (C=O) groups excluding carboxylic acids is 1. The van der Waals surface area contributed by atoms with Crippen molar-refractivity contribution in [3.8, 4) is 23.0 Å². The average Bonchev–Trinajstić information content (AvgIpc) is 3.46. The van der Waals surface area contributed by atoms with Crippen molar-refractivity contribution >= 4 is 46.7 Å². The lowest BCUT2D eigenvalue weighted by Gasteiger charge is -2.12. The van der Waals surface area contributed by atoms with Crippen LogP contribution in [0.5, 0.6) is 23.0 Å². The topological polar surface area (TPSA) is 117 Å². The van der Waals surface area contributed by atoms with E-state index in [1.807, 2.05) is 0 Å². The van der Waals surface area contributed by atoms with Crippen LogP contribution in [0.3, 0.4) is 0 Å². The zero-order valence-corrected chi connectivity index (χ0v) is 20.2. The van der Waals surface area contributed by atoms with Gasteiger partial charge in [-0.1, -0.05) is 11.6 Å². The minimum absolute atomic E-state index is 0.00301. The number of hydrogen-bond acceptors (Lipinski definition) is 9. The second-order valence-electron chi connectivity index (χ2n) is 7.19. The summed E-state index contributed by atoms with van der Waals surface area (Å²) in [5.41, 5.74) is 0.965. The highest BCUT2D eigenvalue weighted by Gasteiger charge is 2.34. The van der Waals surface area contributed by atoms with E-state index < -0.39 is 0 Å². The third-order valence-electron chi connectivity index (χ3n) is 4.91. The third-order valence-corrected chi connectivity index (χ3v) is 6.14. The maximum atomic E-state index is 13.2. The van der Waals surface area contributed by atoms with Gasteiger partial charge in [-0.25, -0.2) is 0 Å². The van der Waals surface area contributed by atoms with Crippen LogP contribution in [0.15, 0.2) is 68.3 Å². The molecule has 0 radical (unpaired) electrons. The van der Waals surface area contributed by atoms with Gasteiger partial charge >= 0.3 is 0 Å². The molecular weight excluding hydrogens is 494 g/mol. The van der Waals surface area contributed by atoms with E-state index >= 15 is 0 Å². The van der Waals surface area contributed by atoms with E-state index in [1.54, 1.807) is 42.5 Å². The van der Waals surface area contributed by atoms with Gasteiger partial charge in [-0.05, 0) is 65.9 Å². The van der Waals surface area contributed by atoms with Crippen LogP contribution >= 0.6 is 23.4 Å². The Bertz CT molecular complexity index is 1310. The molecule has 2 aromatic carbocycles. The Kier molecular flexibility index (Phi) is 7.33. The summed E-state index contributed by atoms with van der Waals surface area (Å²) < 4.78 is 15.8. The Balaban J connectivity index is 1.68.